The zero-order chi connectivity index (χ0) is 20.0. The van der Waals surface area contributed by atoms with Crippen LogP contribution in [0.5, 0.6) is 5.75 Å². The lowest BCUT2D eigenvalue weighted by Gasteiger charge is -2.21. The molecule has 0 radical (unpaired) electrons. The first-order chi connectivity index (χ1) is 12.8. The summed E-state index contributed by atoms with van der Waals surface area (Å²) >= 11 is 0. The number of amides is 1. The molecule has 0 atom stereocenters. The normalized spacial score (nSPS) is 10.9. The first-order valence-electron chi connectivity index (χ1n) is 8.21. The van der Waals surface area contributed by atoms with Crippen molar-refractivity contribution in [3.63, 3.8) is 0 Å². The van der Waals surface area contributed by atoms with Crippen LogP contribution >= 0.6 is 0 Å². The van der Waals surface area contributed by atoms with Gasteiger partial charge in [-0.25, -0.2) is 13.1 Å². The monoisotopic (exact) mass is 387 g/mol. The van der Waals surface area contributed by atoms with Gasteiger partial charge in [-0.1, -0.05) is 6.07 Å². The van der Waals surface area contributed by atoms with Crippen molar-refractivity contribution in [2.75, 3.05) is 25.1 Å². The van der Waals surface area contributed by atoms with Gasteiger partial charge in [-0.05, 0) is 48.9 Å². The summed E-state index contributed by atoms with van der Waals surface area (Å²) in [4.78, 5) is 13.5. The van der Waals surface area contributed by atoms with E-state index >= 15 is 0 Å². The number of sulfonamides is 1. The van der Waals surface area contributed by atoms with E-state index in [1.54, 1.807) is 37.3 Å². The molecule has 0 aliphatic heterocycles. The second-order valence-electron chi connectivity index (χ2n) is 5.86. The molecular weight excluding hydrogens is 366 g/mol. The number of benzene rings is 2. The van der Waals surface area contributed by atoms with Crippen molar-refractivity contribution in [1.29, 1.82) is 5.26 Å². The number of nitriles is 1. The summed E-state index contributed by atoms with van der Waals surface area (Å²) in [7, 11) is -2.20. The number of anilines is 1. The highest BCUT2D eigenvalue weighted by atomic mass is 32.2. The minimum atomic E-state index is -3.72. The molecule has 0 aliphatic rings. The number of nitrogens with zero attached hydrogens (tertiary/aromatic N) is 2. The van der Waals surface area contributed by atoms with Gasteiger partial charge < -0.3 is 9.64 Å². The summed E-state index contributed by atoms with van der Waals surface area (Å²) in [6, 6.07) is 13.2. The highest BCUT2D eigenvalue weighted by Crippen LogP contribution is 2.21. The maximum Gasteiger partial charge on any atom is 0.240 e. The third kappa shape index (κ3) is 5.06. The molecule has 0 aliphatic carbocycles. The number of nitrogens with one attached hydrogen (secondary N) is 1. The molecule has 1 N–H and O–H groups in total. The van der Waals surface area contributed by atoms with Crippen LogP contribution < -0.4 is 14.4 Å². The minimum Gasteiger partial charge on any atom is -0.496 e. The fourth-order valence-corrected chi connectivity index (χ4v) is 3.71. The molecule has 0 aromatic heterocycles. The van der Waals surface area contributed by atoms with Crippen molar-refractivity contribution in [3.05, 3.63) is 53.6 Å². The number of rotatable bonds is 7. The Hall–Kier alpha value is -2.89. The Morgan fingerprint density at radius 2 is 2.00 bits per heavy atom. The number of hydrogen-bond donors (Lipinski definition) is 1. The van der Waals surface area contributed by atoms with Gasteiger partial charge in [0, 0.05) is 25.7 Å². The summed E-state index contributed by atoms with van der Waals surface area (Å²) in [6.07, 6.45) is 0. The van der Waals surface area contributed by atoms with Crippen LogP contribution in [0.15, 0.2) is 47.4 Å². The molecule has 2 rings (SSSR count). The fraction of sp³-hybridized carbons (Fsp3) is 0.263. The molecule has 0 saturated carbocycles. The van der Waals surface area contributed by atoms with Crippen LogP contribution in [0.3, 0.4) is 0 Å². The predicted octanol–water partition coefficient (Wildman–Crippen LogP) is 2.21. The topological polar surface area (TPSA) is 99.5 Å². The molecule has 0 spiro atoms. The summed E-state index contributed by atoms with van der Waals surface area (Å²) in [5, 5.41) is 9.00. The van der Waals surface area contributed by atoms with Crippen molar-refractivity contribution in [3.8, 4) is 11.8 Å². The number of carbonyl (C=O) groups excluding carboxylic acids is 1. The maximum atomic E-state index is 12.5. The molecule has 142 valence electrons. The lowest BCUT2D eigenvalue weighted by molar-refractivity contribution is -0.116. The van der Waals surface area contributed by atoms with Crippen molar-refractivity contribution < 1.29 is 17.9 Å². The van der Waals surface area contributed by atoms with Crippen molar-refractivity contribution in [1.82, 2.24) is 4.72 Å². The van der Waals surface area contributed by atoms with Gasteiger partial charge in [0.15, 0.2) is 0 Å². The van der Waals surface area contributed by atoms with Gasteiger partial charge in [0.1, 0.15) is 5.75 Å². The molecule has 0 heterocycles. The molecule has 7 nitrogen and oxygen atoms in total. The van der Waals surface area contributed by atoms with E-state index in [9.17, 15) is 13.2 Å². The van der Waals surface area contributed by atoms with E-state index in [0.717, 1.165) is 0 Å². The maximum absolute atomic E-state index is 12.5. The molecule has 1 amide bonds. The van der Waals surface area contributed by atoms with E-state index in [-0.39, 0.29) is 23.9 Å². The molecular formula is C19H21N3O4S. The summed E-state index contributed by atoms with van der Waals surface area (Å²) < 4.78 is 32.6. The van der Waals surface area contributed by atoms with Gasteiger partial charge in [-0.3, -0.25) is 4.79 Å². The SMILES string of the molecule is COc1ccc(S(=O)(=O)NCCN(C(C)=O)c2cccc(C#N)c2)cc1C. The van der Waals surface area contributed by atoms with Crippen molar-refractivity contribution >= 4 is 21.6 Å². The highest BCUT2D eigenvalue weighted by Gasteiger charge is 2.17. The Labute approximate surface area is 159 Å². The van der Waals surface area contributed by atoms with Crippen molar-refractivity contribution in [2.24, 2.45) is 0 Å². The van der Waals surface area contributed by atoms with Gasteiger partial charge in [0.25, 0.3) is 0 Å². The van der Waals surface area contributed by atoms with E-state index in [4.69, 9.17) is 10.00 Å². The number of aryl methyl sites for hydroxylation is 1. The van der Waals surface area contributed by atoms with Gasteiger partial charge in [0.05, 0.1) is 23.6 Å². The Morgan fingerprint density at radius 3 is 2.59 bits per heavy atom. The van der Waals surface area contributed by atoms with Crippen LogP contribution in [-0.2, 0) is 14.8 Å². The van der Waals surface area contributed by atoms with Gasteiger partial charge in [0.2, 0.25) is 15.9 Å². The standard InChI is InChI=1S/C19H21N3O4S/c1-14-11-18(7-8-19(14)26-3)27(24,25)21-9-10-22(15(2)23)17-6-4-5-16(12-17)13-20/h4-8,11-12,21H,9-10H2,1-3H3. The molecule has 2 aromatic carbocycles. The summed E-state index contributed by atoms with van der Waals surface area (Å²) in [5.74, 6) is 0.360. The van der Waals surface area contributed by atoms with Gasteiger partial charge in [-0.2, -0.15) is 5.26 Å². The third-order valence-electron chi connectivity index (χ3n) is 3.97. The first kappa shape index (κ1) is 20.4. The Balaban J connectivity index is 2.11. The smallest absolute Gasteiger partial charge is 0.240 e. The number of ether oxygens (including phenoxy) is 1. The molecule has 0 bridgehead atoms. The van der Waals surface area contributed by atoms with Crippen LogP contribution in [0, 0.1) is 18.3 Å². The summed E-state index contributed by atoms with van der Waals surface area (Å²) in [5.41, 5.74) is 1.67. The van der Waals surface area contributed by atoms with Crippen molar-refractivity contribution in [2.45, 2.75) is 18.7 Å². The van der Waals surface area contributed by atoms with Crippen LogP contribution in [0.2, 0.25) is 0 Å². The van der Waals surface area contributed by atoms with E-state index in [1.165, 1.54) is 31.1 Å². The second-order valence-corrected chi connectivity index (χ2v) is 7.63. The lowest BCUT2D eigenvalue weighted by atomic mass is 10.2. The number of hydrogen-bond acceptors (Lipinski definition) is 5. The Morgan fingerprint density at radius 1 is 1.26 bits per heavy atom. The molecule has 8 heteroatoms. The molecule has 0 saturated heterocycles. The highest BCUT2D eigenvalue weighted by molar-refractivity contribution is 7.89. The number of methoxy groups -OCH3 is 1. The molecule has 0 unspecified atom stereocenters. The van der Waals surface area contributed by atoms with E-state index in [2.05, 4.69) is 4.72 Å². The quantitative estimate of drug-likeness (QED) is 0.785. The van der Waals surface area contributed by atoms with E-state index in [1.807, 2.05) is 6.07 Å². The molecule has 0 fully saturated rings. The van der Waals surface area contributed by atoms with E-state index in [0.29, 0.717) is 22.6 Å². The minimum absolute atomic E-state index is 0.0315. The molecule has 2 aromatic rings. The second kappa shape index (κ2) is 8.66. The Bertz CT molecular complexity index is 981. The zero-order valence-corrected chi connectivity index (χ0v) is 16.2. The fourth-order valence-electron chi connectivity index (χ4n) is 2.60. The van der Waals surface area contributed by atoms with Crippen LogP contribution in [-0.4, -0.2) is 34.5 Å². The Kier molecular flexibility index (Phi) is 6.55. The molecule has 27 heavy (non-hydrogen) atoms. The first-order valence-corrected chi connectivity index (χ1v) is 9.69. The van der Waals surface area contributed by atoms with Crippen LogP contribution in [0.25, 0.3) is 0 Å². The van der Waals surface area contributed by atoms with Crippen LogP contribution in [0.1, 0.15) is 18.1 Å². The average molecular weight is 387 g/mol. The van der Waals surface area contributed by atoms with Gasteiger partial charge >= 0.3 is 0 Å². The van der Waals surface area contributed by atoms with E-state index < -0.39 is 10.0 Å². The predicted molar refractivity (Wildman–Crippen MR) is 102 cm³/mol. The third-order valence-corrected chi connectivity index (χ3v) is 5.43. The average Bonchev–Trinajstić information content (AvgIpc) is 2.64. The lowest BCUT2D eigenvalue weighted by Crippen LogP contribution is -2.37. The number of carbonyl (C=O) groups is 1. The van der Waals surface area contributed by atoms with Gasteiger partial charge in [-0.15, -0.1) is 0 Å². The van der Waals surface area contributed by atoms with Crippen LogP contribution in [0.4, 0.5) is 5.69 Å². The largest absolute Gasteiger partial charge is 0.496 e. The summed E-state index contributed by atoms with van der Waals surface area (Å²) in [6.45, 7) is 3.32. The zero-order valence-electron chi connectivity index (χ0n) is 15.4.